The molecule has 0 spiro atoms. The minimum absolute atomic E-state index is 0.0209. The van der Waals surface area contributed by atoms with Crippen LogP contribution in [0.5, 0.6) is 0 Å². The monoisotopic (exact) mass is 507 g/mol. The van der Waals surface area contributed by atoms with Gasteiger partial charge in [0, 0.05) is 61.2 Å². The number of carbonyl (C=O) groups is 2. The van der Waals surface area contributed by atoms with Gasteiger partial charge in [-0.1, -0.05) is 48.0 Å². The van der Waals surface area contributed by atoms with E-state index >= 15 is 0 Å². The van der Waals surface area contributed by atoms with Crippen LogP contribution in [0.4, 0.5) is 0 Å². The topological polar surface area (TPSA) is 43.9 Å². The molecular formula is C28H30ClN3O2S. The Hall–Kier alpha value is -2.67. The first-order chi connectivity index (χ1) is 17.1. The van der Waals surface area contributed by atoms with Crippen molar-refractivity contribution in [3.63, 3.8) is 0 Å². The number of carbonyl (C=O) groups excluding carboxylic acids is 2. The van der Waals surface area contributed by atoms with Crippen molar-refractivity contribution in [2.45, 2.75) is 25.3 Å². The first kappa shape index (κ1) is 24.0. The number of hydrogen-bond donors (Lipinski definition) is 0. The molecule has 2 aliphatic rings. The summed E-state index contributed by atoms with van der Waals surface area (Å²) in [5.41, 5.74) is 3.26. The Bertz CT molecular complexity index is 1180. The lowest BCUT2D eigenvalue weighted by Crippen LogP contribution is -2.40. The fraction of sp³-hybridized carbons (Fsp3) is 0.357. The third-order valence-corrected chi connectivity index (χ3v) is 8.23. The van der Waals surface area contributed by atoms with Gasteiger partial charge >= 0.3 is 0 Å². The zero-order valence-corrected chi connectivity index (χ0v) is 21.3. The maximum Gasteiger partial charge on any atom is 0.253 e. The quantitative estimate of drug-likeness (QED) is 0.482. The molecule has 35 heavy (non-hydrogen) atoms. The highest BCUT2D eigenvalue weighted by molar-refractivity contribution is 7.10. The van der Waals surface area contributed by atoms with Gasteiger partial charge < -0.3 is 9.80 Å². The highest BCUT2D eigenvalue weighted by atomic mass is 35.5. The van der Waals surface area contributed by atoms with Crippen LogP contribution in [0.15, 0.2) is 66.0 Å². The fourth-order valence-corrected chi connectivity index (χ4v) is 6.30. The molecule has 7 heteroatoms. The second kappa shape index (κ2) is 10.9. The molecule has 1 atom stereocenters. The standard InChI is InChI=1S/C28H30ClN3O2S/c29-23-9-4-8-22(20-23)28(34)32-14-5-13-30(17-18-32)26(33)11-16-31-15-10-25-24(12-19-35-25)27(31)21-6-2-1-3-7-21/h1-4,6-9,12,19-20,27H,5,10-11,13-18H2/t27-/m1/s1. The summed E-state index contributed by atoms with van der Waals surface area (Å²) in [6.45, 7) is 4.15. The molecule has 182 valence electrons. The number of benzene rings is 2. The van der Waals surface area contributed by atoms with Crippen molar-refractivity contribution in [3.8, 4) is 0 Å². The molecule has 0 radical (unpaired) electrons. The van der Waals surface area contributed by atoms with Gasteiger partial charge in [-0.25, -0.2) is 0 Å². The molecule has 0 N–H and O–H groups in total. The van der Waals surface area contributed by atoms with Crippen molar-refractivity contribution in [2.24, 2.45) is 0 Å². The summed E-state index contributed by atoms with van der Waals surface area (Å²) in [6.07, 6.45) is 2.31. The molecule has 5 nitrogen and oxygen atoms in total. The van der Waals surface area contributed by atoms with Crippen LogP contribution in [0.1, 0.15) is 45.2 Å². The highest BCUT2D eigenvalue weighted by Gasteiger charge is 2.30. The second-order valence-corrected chi connectivity index (χ2v) is 10.6. The van der Waals surface area contributed by atoms with Crippen LogP contribution in [-0.4, -0.2) is 65.8 Å². The molecule has 0 bridgehead atoms. The largest absolute Gasteiger partial charge is 0.341 e. The lowest BCUT2D eigenvalue weighted by atomic mass is 9.93. The highest BCUT2D eigenvalue weighted by Crippen LogP contribution is 2.37. The van der Waals surface area contributed by atoms with Crippen molar-refractivity contribution in [1.29, 1.82) is 0 Å². The maximum absolute atomic E-state index is 13.2. The molecular weight excluding hydrogens is 478 g/mol. The van der Waals surface area contributed by atoms with E-state index in [1.54, 1.807) is 24.3 Å². The summed E-state index contributed by atoms with van der Waals surface area (Å²) in [5.74, 6) is 0.150. The van der Waals surface area contributed by atoms with Gasteiger partial charge in [0.1, 0.15) is 0 Å². The van der Waals surface area contributed by atoms with Crippen LogP contribution in [-0.2, 0) is 11.2 Å². The van der Waals surface area contributed by atoms with Crippen molar-refractivity contribution in [2.75, 3.05) is 39.3 Å². The third kappa shape index (κ3) is 5.45. The smallest absolute Gasteiger partial charge is 0.253 e. The molecule has 1 saturated heterocycles. The van der Waals surface area contributed by atoms with E-state index in [1.807, 2.05) is 21.1 Å². The van der Waals surface area contributed by atoms with Gasteiger partial charge in [0.25, 0.3) is 5.91 Å². The molecule has 3 aromatic rings. The number of fused-ring (bicyclic) bond motifs is 1. The van der Waals surface area contributed by atoms with E-state index in [-0.39, 0.29) is 17.9 Å². The van der Waals surface area contributed by atoms with Gasteiger partial charge in [0.05, 0.1) is 6.04 Å². The molecule has 0 saturated carbocycles. The maximum atomic E-state index is 13.2. The average molecular weight is 508 g/mol. The first-order valence-electron chi connectivity index (χ1n) is 12.3. The molecule has 0 unspecified atom stereocenters. The van der Waals surface area contributed by atoms with Crippen LogP contribution in [0.2, 0.25) is 5.02 Å². The Morgan fingerprint density at radius 3 is 2.54 bits per heavy atom. The Morgan fingerprint density at radius 1 is 0.914 bits per heavy atom. The van der Waals surface area contributed by atoms with E-state index in [2.05, 4.69) is 46.7 Å². The van der Waals surface area contributed by atoms with Gasteiger partial charge in [-0.3, -0.25) is 14.5 Å². The van der Waals surface area contributed by atoms with E-state index in [1.165, 1.54) is 16.0 Å². The van der Waals surface area contributed by atoms with Crippen LogP contribution in [0.3, 0.4) is 0 Å². The van der Waals surface area contributed by atoms with Crippen LogP contribution >= 0.6 is 22.9 Å². The summed E-state index contributed by atoms with van der Waals surface area (Å²) in [6, 6.07) is 20.1. The molecule has 0 aliphatic carbocycles. The van der Waals surface area contributed by atoms with Crippen LogP contribution in [0, 0.1) is 0 Å². The van der Waals surface area contributed by atoms with Crippen LogP contribution < -0.4 is 0 Å². The lowest BCUT2D eigenvalue weighted by Gasteiger charge is -2.36. The van der Waals surface area contributed by atoms with Gasteiger partial charge in [0.15, 0.2) is 0 Å². The second-order valence-electron chi connectivity index (χ2n) is 9.19. The number of thiophene rings is 1. The third-order valence-electron chi connectivity index (χ3n) is 7.00. The Balaban J connectivity index is 1.20. The first-order valence-corrected chi connectivity index (χ1v) is 13.5. The Morgan fingerprint density at radius 2 is 1.71 bits per heavy atom. The Labute approximate surface area is 215 Å². The van der Waals surface area contributed by atoms with Gasteiger partial charge in [-0.15, -0.1) is 11.3 Å². The summed E-state index contributed by atoms with van der Waals surface area (Å²) in [5, 5.41) is 2.74. The predicted octanol–water partition coefficient (Wildman–Crippen LogP) is 5.11. The molecule has 5 rings (SSSR count). The van der Waals surface area contributed by atoms with E-state index in [0.717, 1.165) is 25.9 Å². The van der Waals surface area contributed by atoms with Gasteiger partial charge in [0.2, 0.25) is 5.91 Å². The molecule has 1 fully saturated rings. The molecule has 2 aromatic carbocycles. The number of amides is 2. The van der Waals surface area contributed by atoms with Crippen LogP contribution in [0.25, 0.3) is 0 Å². The SMILES string of the molecule is O=C(CCN1CCc2sccc2[C@H]1c1ccccc1)N1CCCN(C(=O)c2cccc(Cl)c2)CC1. The van der Waals surface area contributed by atoms with Crippen molar-refractivity contribution in [3.05, 3.63) is 92.6 Å². The molecule has 2 aliphatic heterocycles. The van der Waals surface area contributed by atoms with Crippen molar-refractivity contribution < 1.29 is 9.59 Å². The predicted molar refractivity (Wildman–Crippen MR) is 141 cm³/mol. The van der Waals surface area contributed by atoms with Gasteiger partial charge in [-0.2, -0.15) is 0 Å². The summed E-state index contributed by atoms with van der Waals surface area (Å²) < 4.78 is 0. The number of rotatable bonds is 5. The number of hydrogen-bond acceptors (Lipinski definition) is 4. The lowest BCUT2D eigenvalue weighted by molar-refractivity contribution is -0.131. The molecule has 1 aromatic heterocycles. The van der Waals surface area contributed by atoms with E-state index < -0.39 is 0 Å². The minimum atomic E-state index is -0.0209. The zero-order chi connectivity index (χ0) is 24.2. The van der Waals surface area contributed by atoms with E-state index in [9.17, 15) is 9.59 Å². The fourth-order valence-electron chi connectivity index (χ4n) is 5.21. The minimum Gasteiger partial charge on any atom is -0.341 e. The zero-order valence-electron chi connectivity index (χ0n) is 19.7. The van der Waals surface area contributed by atoms with E-state index in [0.29, 0.717) is 43.2 Å². The summed E-state index contributed by atoms with van der Waals surface area (Å²) >= 11 is 7.90. The molecule has 2 amide bonds. The number of halogens is 1. The average Bonchev–Trinajstić information content (AvgIpc) is 3.22. The van der Waals surface area contributed by atoms with E-state index in [4.69, 9.17) is 11.6 Å². The van der Waals surface area contributed by atoms with Crippen molar-refractivity contribution in [1.82, 2.24) is 14.7 Å². The summed E-state index contributed by atoms with van der Waals surface area (Å²) in [7, 11) is 0. The summed E-state index contributed by atoms with van der Waals surface area (Å²) in [4.78, 5) is 33.8. The molecule has 3 heterocycles. The normalized spacial score (nSPS) is 18.7. The van der Waals surface area contributed by atoms with Gasteiger partial charge in [-0.05, 0) is 53.6 Å². The Kier molecular flexibility index (Phi) is 7.51. The number of nitrogens with zero attached hydrogens (tertiary/aromatic N) is 3. The van der Waals surface area contributed by atoms with Crippen molar-refractivity contribution >= 4 is 34.8 Å².